The number of hydrogen-bond acceptors (Lipinski definition) is 5. The Morgan fingerprint density at radius 3 is 2.66 bits per heavy atom. The Kier molecular flexibility index (Phi) is 4.33. The van der Waals surface area contributed by atoms with Gasteiger partial charge < -0.3 is 24.8 Å². The van der Waals surface area contributed by atoms with Crippen molar-refractivity contribution in [3.63, 3.8) is 0 Å². The van der Waals surface area contributed by atoms with Crippen molar-refractivity contribution < 1.29 is 35.8 Å². The van der Waals surface area contributed by atoms with Crippen LogP contribution in [0.2, 0.25) is 0 Å². The lowest BCUT2D eigenvalue weighted by molar-refractivity contribution is -0.123. The third kappa shape index (κ3) is 6.61. The van der Waals surface area contributed by atoms with Gasteiger partial charge in [-0.2, -0.15) is 0 Å². The zero-order valence-corrected chi connectivity index (χ0v) is 16.5. The molecule has 2 aliphatic rings. The average Bonchev–Trinajstić information content (AvgIpc) is 2.91. The maximum absolute atomic E-state index is 12.9. The van der Waals surface area contributed by atoms with Crippen molar-refractivity contribution in [3.05, 3.63) is 23.8 Å². The van der Waals surface area contributed by atoms with Gasteiger partial charge in [-0.25, -0.2) is 0 Å². The fourth-order valence-electron chi connectivity index (χ4n) is 3.16. The molecule has 2 heterocycles. The number of ether oxygens (including phenoxy) is 2. The first kappa shape index (κ1) is 11.0. The van der Waals surface area contributed by atoms with E-state index in [-0.39, 0.29) is 23.5 Å². The number of nitrogens with zero attached hydrogens (tertiary/aromatic N) is 1. The maximum atomic E-state index is 12.9. The number of aliphatic hydroxyl groups excluding tert-OH is 1. The van der Waals surface area contributed by atoms with Gasteiger partial charge in [0.1, 0.15) is 19.2 Å². The van der Waals surface area contributed by atoms with Crippen LogP contribution in [0.4, 0.5) is 0 Å². The third-order valence-corrected chi connectivity index (χ3v) is 4.73. The number of carbonyl (C=O) groups is 1. The molecule has 0 spiro atoms. The van der Waals surface area contributed by atoms with Crippen LogP contribution in [0.5, 0.6) is 11.5 Å². The molecule has 1 saturated heterocycles. The van der Waals surface area contributed by atoms with Crippen LogP contribution in [0.25, 0.3) is 0 Å². The monoisotopic (exact) mass is 416 g/mol. The van der Waals surface area contributed by atoms with E-state index < -0.39 is 63.5 Å². The number of likely N-dealkylation sites (tertiary alicyclic amines) is 1. The van der Waals surface area contributed by atoms with Crippen LogP contribution in [0.1, 0.15) is 86.3 Å². The van der Waals surface area contributed by atoms with Crippen molar-refractivity contribution in [3.8, 4) is 11.5 Å². The summed E-state index contributed by atoms with van der Waals surface area (Å²) in [4.78, 5) is 13.2. The van der Waals surface area contributed by atoms with Crippen LogP contribution in [-0.4, -0.2) is 54.6 Å². The van der Waals surface area contributed by atoms with E-state index in [0.29, 0.717) is 11.3 Å². The molecule has 1 aromatic rings. The smallest absolute Gasteiger partial charge is 0.220 e. The Labute approximate surface area is 191 Å². The third-order valence-electron chi connectivity index (χ3n) is 4.73. The highest BCUT2D eigenvalue weighted by Gasteiger charge is 2.27. The van der Waals surface area contributed by atoms with Gasteiger partial charge in [0.2, 0.25) is 5.91 Å². The van der Waals surface area contributed by atoms with Gasteiger partial charge in [-0.05, 0) is 49.9 Å². The highest BCUT2D eigenvalue weighted by molar-refractivity contribution is 5.76. The lowest BCUT2D eigenvalue weighted by Gasteiger charge is -2.29. The van der Waals surface area contributed by atoms with E-state index in [1.807, 2.05) is 6.92 Å². The highest BCUT2D eigenvalue weighted by Crippen LogP contribution is 2.33. The van der Waals surface area contributed by atoms with Crippen LogP contribution in [0.15, 0.2) is 18.2 Å². The van der Waals surface area contributed by atoms with Gasteiger partial charge in [0, 0.05) is 23.9 Å². The molecule has 3 rings (SSSR count). The summed E-state index contributed by atoms with van der Waals surface area (Å²) in [6.45, 7) is -10.9. The molecule has 1 amide bonds. The Morgan fingerprint density at radius 2 is 1.90 bits per heavy atom. The average molecular weight is 417 g/mol. The molecule has 2 atom stereocenters. The molecule has 0 bridgehead atoms. The van der Waals surface area contributed by atoms with E-state index in [0.717, 1.165) is 31.7 Å². The zero-order chi connectivity index (χ0) is 31.2. The van der Waals surface area contributed by atoms with Crippen molar-refractivity contribution in [1.82, 2.24) is 10.2 Å². The number of aliphatic hydroxyl groups is 1. The number of carbonyl (C=O) groups excluding carboxylic acids is 1. The first-order valence-electron chi connectivity index (χ1n) is 15.9. The van der Waals surface area contributed by atoms with E-state index in [2.05, 4.69) is 5.32 Å². The first-order valence-corrected chi connectivity index (χ1v) is 9.91. The summed E-state index contributed by atoms with van der Waals surface area (Å²) in [6, 6.07) is 2.15. The van der Waals surface area contributed by atoms with Gasteiger partial charge in [0.15, 0.2) is 11.5 Å². The lowest BCUT2D eigenvalue weighted by Crippen LogP contribution is -2.46. The molecule has 0 aliphatic carbocycles. The van der Waals surface area contributed by atoms with E-state index in [1.54, 1.807) is 0 Å². The molecule has 0 saturated carbocycles. The molecular formula is C23H36N2O4. The fourth-order valence-corrected chi connectivity index (χ4v) is 3.16. The summed E-state index contributed by atoms with van der Waals surface area (Å²) >= 11 is 0. The Morgan fingerprint density at radius 1 is 1.17 bits per heavy atom. The number of rotatable bonds is 11. The molecule has 0 unspecified atom stereocenters. The number of nitrogens with one attached hydrogen (secondary N) is 1. The molecular weight excluding hydrogens is 368 g/mol. The van der Waals surface area contributed by atoms with E-state index in [1.165, 1.54) is 12.1 Å². The molecule has 0 radical (unpaired) electrons. The fraction of sp³-hybridized carbons (Fsp3) is 0.696. The number of fused-ring (bicyclic) bond motifs is 1. The Hall–Kier alpha value is -1.79. The van der Waals surface area contributed by atoms with Crippen LogP contribution in [0, 0.1) is 0 Å². The first-order chi connectivity index (χ1) is 18.6. The number of hydrogen-bond donors (Lipinski definition) is 2. The molecule has 6 heteroatoms. The van der Waals surface area contributed by atoms with Crippen molar-refractivity contribution in [1.29, 1.82) is 0 Å². The second-order valence-electron chi connectivity index (χ2n) is 6.98. The van der Waals surface area contributed by atoms with Gasteiger partial charge in [-0.15, -0.1) is 0 Å². The molecule has 162 valence electrons. The lowest BCUT2D eigenvalue weighted by atomic mass is 10.0. The van der Waals surface area contributed by atoms with Gasteiger partial charge in [0.25, 0.3) is 0 Å². The van der Waals surface area contributed by atoms with Crippen molar-refractivity contribution in [2.75, 3.05) is 32.7 Å². The molecule has 2 N–H and O–H groups in total. The quantitative estimate of drug-likeness (QED) is 0.541. The zero-order valence-electron chi connectivity index (χ0n) is 28.5. The second kappa shape index (κ2) is 11.4. The molecule has 6 nitrogen and oxygen atoms in total. The predicted molar refractivity (Wildman–Crippen MR) is 113 cm³/mol. The summed E-state index contributed by atoms with van der Waals surface area (Å²) in [6.07, 6.45) is -4.06. The van der Waals surface area contributed by atoms with E-state index >= 15 is 0 Å². The summed E-state index contributed by atoms with van der Waals surface area (Å²) in [5.41, 5.74) is -0.00908. The van der Waals surface area contributed by atoms with Gasteiger partial charge >= 0.3 is 0 Å². The minimum Gasteiger partial charge on any atom is -0.486 e. The standard InChI is InChI=1S/C23H36N2O4/c1-2-3-4-5-6-9-22(26)24-19(17-25-12-7-8-13-25)23(27)18-10-11-20-21(16-18)29-15-14-28-20/h10-11,16,19,23,27H,2-9,12-15,17H2,1H3,(H,24,26)/t19-,23-/m1/s1/i7D2,8D2,12D2,13D2,14D2,15D2. The van der Waals surface area contributed by atoms with E-state index in [4.69, 9.17) is 25.9 Å². The largest absolute Gasteiger partial charge is 0.486 e. The van der Waals surface area contributed by atoms with Crippen molar-refractivity contribution in [2.24, 2.45) is 0 Å². The SMILES string of the molecule is [2H]C1([2H])Oc2ccc([C@@H](O)[C@@H](CN3C([2H])([2H])C([2H])([2H])C([2H])([2H])C3([2H])[2H])NC(=O)CCCCCCC)cc2OC1([2H])[2H]. The van der Waals surface area contributed by atoms with Crippen LogP contribution >= 0.6 is 0 Å². The van der Waals surface area contributed by atoms with Crippen LogP contribution in [-0.2, 0) is 4.79 Å². The summed E-state index contributed by atoms with van der Waals surface area (Å²) in [5, 5.41) is 13.9. The molecule has 29 heavy (non-hydrogen) atoms. The van der Waals surface area contributed by atoms with Crippen LogP contribution in [0.3, 0.4) is 0 Å². The number of benzene rings is 1. The summed E-state index contributed by atoms with van der Waals surface area (Å²) in [7, 11) is 0. The van der Waals surface area contributed by atoms with Crippen molar-refractivity contribution in [2.45, 2.75) is 70.3 Å². The van der Waals surface area contributed by atoms with Gasteiger partial charge in [0.05, 0.1) is 11.5 Å². The second-order valence-corrected chi connectivity index (χ2v) is 6.98. The van der Waals surface area contributed by atoms with Crippen LogP contribution < -0.4 is 14.8 Å². The van der Waals surface area contributed by atoms with Crippen molar-refractivity contribution >= 4 is 5.91 Å². The normalized spacial score (nSPS) is 35.0. The maximum Gasteiger partial charge on any atom is 0.220 e. The Bertz CT molecular complexity index is 1090. The predicted octanol–water partition coefficient (Wildman–Crippen LogP) is 3.43. The highest BCUT2D eigenvalue weighted by atomic mass is 16.6. The number of unbranched alkanes of at least 4 members (excludes halogenated alkanes) is 4. The minimum atomic E-state index is -3.30. The molecule has 1 fully saturated rings. The van der Waals surface area contributed by atoms with E-state index in [9.17, 15) is 9.90 Å². The summed E-state index contributed by atoms with van der Waals surface area (Å²) in [5.74, 6) is -0.969. The minimum absolute atomic E-state index is 0.00908. The molecule has 1 aromatic carbocycles. The summed E-state index contributed by atoms with van der Waals surface area (Å²) < 4.78 is 107. The number of amides is 1. The van der Waals surface area contributed by atoms with Gasteiger partial charge in [-0.1, -0.05) is 38.7 Å². The molecule has 0 aromatic heterocycles. The Balaban J connectivity index is 1.93. The topological polar surface area (TPSA) is 71.0 Å². The van der Waals surface area contributed by atoms with Gasteiger partial charge in [-0.3, -0.25) is 4.79 Å². The molecule has 2 aliphatic heterocycles.